The van der Waals surface area contributed by atoms with Crippen LogP contribution in [-0.4, -0.2) is 39.9 Å². The summed E-state index contributed by atoms with van der Waals surface area (Å²) in [5.74, 6) is -1.75. The van der Waals surface area contributed by atoms with E-state index in [1.807, 2.05) is 0 Å². The predicted octanol–water partition coefficient (Wildman–Crippen LogP) is 2.00. The van der Waals surface area contributed by atoms with Gasteiger partial charge in [-0.1, -0.05) is 5.16 Å². The van der Waals surface area contributed by atoms with E-state index in [1.54, 1.807) is 11.8 Å². The van der Waals surface area contributed by atoms with Gasteiger partial charge in [-0.3, -0.25) is 9.59 Å². The summed E-state index contributed by atoms with van der Waals surface area (Å²) in [4.78, 5) is 29.4. The summed E-state index contributed by atoms with van der Waals surface area (Å²) in [6.07, 6.45) is 1.50. The Morgan fingerprint density at radius 1 is 1.27 bits per heavy atom. The molecule has 1 N–H and O–H groups in total. The Hall–Kier alpha value is -2.84. The van der Waals surface area contributed by atoms with Crippen molar-refractivity contribution in [2.75, 3.05) is 13.1 Å². The van der Waals surface area contributed by atoms with Crippen LogP contribution in [0.2, 0.25) is 0 Å². The molecule has 0 spiro atoms. The van der Waals surface area contributed by atoms with Crippen molar-refractivity contribution >= 4 is 11.8 Å². The summed E-state index contributed by atoms with van der Waals surface area (Å²) in [6.45, 7) is 2.83. The third-order valence-electron chi connectivity index (χ3n) is 4.37. The Bertz CT molecular complexity index is 816. The summed E-state index contributed by atoms with van der Waals surface area (Å²) in [5, 5.41) is 6.46. The maximum atomic E-state index is 13.2. The van der Waals surface area contributed by atoms with E-state index in [1.165, 1.54) is 6.07 Å². The van der Waals surface area contributed by atoms with E-state index in [4.69, 9.17) is 4.52 Å². The molecule has 1 aromatic heterocycles. The van der Waals surface area contributed by atoms with E-state index in [9.17, 15) is 18.4 Å². The Morgan fingerprint density at radius 3 is 2.65 bits per heavy atom. The second kappa shape index (κ2) is 7.59. The Balaban J connectivity index is 1.54. The van der Waals surface area contributed by atoms with Gasteiger partial charge in [0.2, 0.25) is 11.8 Å². The molecule has 1 aliphatic heterocycles. The van der Waals surface area contributed by atoms with Gasteiger partial charge < -0.3 is 14.7 Å². The van der Waals surface area contributed by atoms with Crippen LogP contribution < -0.4 is 5.32 Å². The number of carbonyl (C=O) groups excluding carboxylic acids is 2. The fourth-order valence-corrected chi connectivity index (χ4v) is 2.85. The molecular weight excluding hydrogens is 346 g/mol. The van der Waals surface area contributed by atoms with Crippen LogP contribution >= 0.6 is 0 Å². The van der Waals surface area contributed by atoms with Gasteiger partial charge in [-0.2, -0.15) is 4.98 Å². The zero-order valence-electron chi connectivity index (χ0n) is 14.2. The summed E-state index contributed by atoms with van der Waals surface area (Å²) >= 11 is 0. The minimum absolute atomic E-state index is 0.000225. The van der Waals surface area contributed by atoms with Crippen molar-refractivity contribution < 1.29 is 22.9 Å². The normalized spacial score (nSPS) is 15.1. The molecule has 0 atom stereocenters. The van der Waals surface area contributed by atoms with Crippen LogP contribution in [0.1, 0.15) is 47.8 Å². The fourth-order valence-electron chi connectivity index (χ4n) is 2.85. The number of aromatic nitrogens is 2. The molecule has 2 heterocycles. The Labute approximate surface area is 148 Å². The number of rotatable bonds is 4. The van der Waals surface area contributed by atoms with Gasteiger partial charge >= 0.3 is 0 Å². The third kappa shape index (κ3) is 4.04. The summed E-state index contributed by atoms with van der Waals surface area (Å²) in [6, 6.07) is 2.91. The van der Waals surface area contributed by atoms with Crippen LogP contribution in [0.25, 0.3) is 0 Å². The van der Waals surface area contributed by atoms with Crippen LogP contribution in [0.3, 0.4) is 0 Å². The number of nitrogens with one attached hydrogen (secondary N) is 1. The van der Waals surface area contributed by atoms with Gasteiger partial charge in [-0.25, -0.2) is 8.78 Å². The average molecular weight is 364 g/mol. The van der Waals surface area contributed by atoms with Crippen LogP contribution in [0.15, 0.2) is 22.7 Å². The van der Waals surface area contributed by atoms with Crippen LogP contribution in [0.4, 0.5) is 8.78 Å². The maximum absolute atomic E-state index is 13.2. The molecule has 3 rings (SSSR count). The van der Waals surface area contributed by atoms with Gasteiger partial charge in [0.1, 0.15) is 0 Å². The first-order valence-electron chi connectivity index (χ1n) is 8.25. The first-order chi connectivity index (χ1) is 12.4. The highest BCUT2D eigenvalue weighted by atomic mass is 19.2. The van der Waals surface area contributed by atoms with E-state index in [-0.39, 0.29) is 29.8 Å². The molecule has 0 bridgehead atoms. The molecule has 0 saturated carbocycles. The van der Waals surface area contributed by atoms with E-state index in [0.29, 0.717) is 18.9 Å². The Kier molecular flexibility index (Phi) is 5.24. The lowest BCUT2D eigenvalue weighted by Crippen LogP contribution is -2.36. The monoisotopic (exact) mass is 364 g/mol. The van der Waals surface area contributed by atoms with E-state index in [2.05, 4.69) is 15.5 Å². The van der Waals surface area contributed by atoms with Crippen LogP contribution in [-0.2, 0) is 11.3 Å². The average Bonchev–Trinajstić information content (AvgIpc) is 3.11. The minimum atomic E-state index is -1.09. The number of halogens is 2. The van der Waals surface area contributed by atoms with Crippen LogP contribution in [0.5, 0.6) is 0 Å². The van der Waals surface area contributed by atoms with Crippen LogP contribution in [0, 0.1) is 11.6 Å². The molecule has 9 heteroatoms. The van der Waals surface area contributed by atoms with Gasteiger partial charge in [-0.15, -0.1) is 0 Å². The molecule has 138 valence electrons. The number of piperidine rings is 1. The quantitative estimate of drug-likeness (QED) is 0.897. The summed E-state index contributed by atoms with van der Waals surface area (Å²) in [7, 11) is 0. The van der Waals surface area contributed by atoms with Gasteiger partial charge in [0.25, 0.3) is 5.91 Å². The Morgan fingerprint density at radius 2 is 2.00 bits per heavy atom. The molecule has 0 aliphatic carbocycles. The highest BCUT2D eigenvalue weighted by Gasteiger charge is 2.25. The lowest BCUT2D eigenvalue weighted by molar-refractivity contribution is -0.129. The lowest BCUT2D eigenvalue weighted by Gasteiger charge is -2.29. The fraction of sp³-hybridized carbons (Fsp3) is 0.412. The lowest BCUT2D eigenvalue weighted by atomic mass is 9.96. The van der Waals surface area contributed by atoms with E-state index >= 15 is 0 Å². The van der Waals surface area contributed by atoms with Crippen molar-refractivity contribution in [3.05, 3.63) is 47.1 Å². The molecule has 26 heavy (non-hydrogen) atoms. The zero-order chi connectivity index (χ0) is 18.7. The second-order valence-corrected chi connectivity index (χ2v) is 6.14. The number of nitrogens with zero attached hydrogens (tertiary/aromatic N) is 3. The number of carbonyl (C=O) groups is 2. The van der Waals surface area contributed by atoms with Crippen molar-refractivity contribution in [1.29, 1.82) is 0 Å². The SMILES string of the molecule is CC(=O)N1CCC(c2noc(CNC(=O)c3ccc(F)c(F)c3)n2)CC1. The molecule has 0 unspecified atom stereocenters. The van der Waals surface area contributed by atoms with E-state index < -0.39 is 17.5 Å². The van der Waals surface area contributed by atoms with Gasteiger partial charge in [-0.05, 0) is 31.0 Å². The third-order valence-corrected chi connectivity index (χ3v) is 4.37. The molecule has 1 saturated heterocycles. The minimum Gasteiger partial charge on any atom is -0.343 e. The first kappa shape index (κ1) is 18.0. The molecule has 1 aromatic carbocycles. The first-order valence-corrected chi connectivity index (χ1v) is 8.25. The standard InChI is InChI=1S/C17H18F2N4O3/c1-10(24)23-6-4-11(5-7-23)16-21-15(26-22-16)9-20-17(25)12-2-3-13(18)14(19)8-12/h2-3,8,11H,4-7,9H2,1H3,(H,20,25). The highest BCUT2D eigenvalue weighted by Crippen LogP contribution is 2.25. The maximum Gasteiger partial charge on any atom is 0.251 e. The highest BCUT2D eigenvalue weighted by molar-refractivity contribution is 5.94. The van der Waals surface area contributed by atoms with Crippen molar-refractivity contribution in [1.82, 2.24) is 20.4 Å². The number of likely N-dealkylation sites (tertiary alicyclic amines) is 1. The van der Waals surface area contributed by atoms with Gasteiger partial charge in [0, 0.05) is 31.5 Å². The number of benzene rings is 1. The smallest absolute Gasteiger partial charge is 0.251 e. The van der Waals surface area contributed by atoms with Crippen molar-refractivity contribution in [2.24, 2.45) is 0 Å². The molecule has 2 amide bonds. The predicted molar refractivity (Wildman–Crippen MR) is 86.1 cm³/mol. The number of amides is 2. The van der Waals surface area contributed by atoms with Gasteiger partial charge in [0.15, 0.2) is 17.5 Å². The molecule has 7 nitrogen and oxygen atoms in total. The molecule has 1 fully saturated rings. The molecule has 0 radical (unpaired) electrons. The molecule has 2 aromatic rings. The van der Waals surface area contributed by atoms with Crippen molar-refractivity contribution in [3.63, 3.8) is 0 Å². The van der Waals surface area contributed by atoms with E-state index in [0.717, 1.165) is 25.0 Å². The molecule has 1 aliphatic rings. The summed E-state index contributed by atoms with van der Waals surface area (Å²) in [5.41, 5.74) is 0.000225. The number of hydrogen-bond acceptors (Lipinski definition) is 5. The largest absolute Gasteiger partial charge is 0.343 e. The summed E-state index contributed by atoms with van der Waals surface area (Å²) < 4.78 is 31.2. The second-order valence-electron chi connectivity index (χ2n) is 6.14. The zero-order valence-corrected chi connectivity index (χ0v) is 14.2. The van der Waals surface area contributed by atoms with Crippen molar-refractivity contribution in [3.8, 4) is 0 Å². The topological polar surface area (TPSA) is 88.3 Å². The van der Waals surface area contributed by atoms with Crippen molar-refractivity contribution in [2.45, 2.75) is 32.2 Å². The number of hydrogen-bond donors (Lipinski definition) is 1. The van der Waals surface area contributed by atoms with Gasteiger partial charge in [0.05, 0.1) is 6.54 Å². The molecular formula is C17H18F2N4O3.